The molecule has 0 bridgehead atoms. The van der Waals surface area contributed by atoms with Gasteiger partial charge in [0.05, 0.1) is 18.6 Å². The molecule has 0 radical (unpaired) electrons. The van der Waals surface area contributed by atoms with E-state index in [9.17, 15) is 14.4 Å². The molecule has 5 nitrogen and oxygen atoms in total. The first-order chi connectivity index (χ1) is 7.98. The molecule has 2 atom stereocenters. The van der Waals surface area contributed by atoms with Crippen molar-refractivity contribution in [2.45, 2.75) is 66.6 Å². The van der Waals surface area contributed by atoms with Crippen LogP contribution >= 0.6 is 0 Å². The van der Waals surface area contributed by atoms with Crippen molar-refractivity contribution in [3.8, 4) is 0 Å². The molecule has 0 aromatic heterocycles. The molecule has 0 saturated heterocycles. The van der Waals surface area contributed by atoms with Gasteiger partial charge in [0.25, 0.3) is 0 Å². The third-order valence-corrected chi connectivity index (χ3v) is 1.18. The number of carbonyl (C=O) groups excluding carboxylic acids is 3. The van der Waals surface area contributed by atoms with E-state index in [-0.39, 0.29) is 36.0 Å². The minimum atomic E-state index is -0.375. The fourth-order valence-electron chi connectivity index (χ4n) is 0.844. The Morgan fingerprint density at radius 1 is 0.833 bits per heavy atom. The van der Waals surface area contributed by atoms with Crippen LogP contribution < -0.4 is 0 Å². The molecule has 0 fully saturated rings. The van der Waals surface area contributed by atoms with Crippen LogP contribution in [0.4, 0.5) is 0 Å². The number of Topliss-reactive ketones (excluding diaryl/α,β-unsaturated/α-hetero) is 3. The third kappa shape index (κ3) is 60.3. The molecular weight excluding hydrogens is 236 g/mol. The summed E-state index contributed by atoms with van der Waals surface area (Å²) in [6.07, 6.45) is -0.194. The lowest BCUT2D eigenvalue weighted by Crippen LogP contribution is -2.10. The first-order valence-corrected chi connectivity index (χ1v) is 5.81. The summed E-state index contributed by atoms with van der Waals surface area (Å²) in [5.74, 6) is 0.0417. The van der Waals surface area contributed by atoms with Gasteiger partial charge in [-0.3, -0.25) is 9.59 Å². The van der Waals surface area contributed by atoms with Gasteiger partial charge in [0.15, 0.2) is 0 Å². The Morgan fingerprint density at radius 2 is 1.06 bits per heavy atom. The molecule has 5 heteroatoms. The zero-order valence-electron chi connectivity index (χ0n) is 12.2. The molecule has 0 saturated carbocycles. The largest absolute Gasteiger partial charge is 0.393 e. The van der Waals surface area contributed by atoms with E-state index < -0.39 is 0 Å². The van der Waals surface area contributed by atoms with E-state index in [1.54, 1.807) is 13.8 Å². The molecule has 0 rings (SSSR count). The Morgan fingerprint density at radius 3 is 1.06 bits per heavy atom. The predicted molar refractivity (Wildman–Crippen MR) is 70.3 cm³/mol. The van der Waals surface area contributed by atoms with Gasteiger partial charge in [-0.15, -0.1) is 0 Å². The number of aliphatic hydroxyl groups excluding tert-OH is 2. The van der Waals surface area contributed by atoms with Gasteiger partial charge in [-0.1, -0.05) is 0 Å². The van der Waals surface area contributed by atoms with Gasteiger partial charge in [0.1, 0.15) is 17.3 Å². The zero-order chi connectivity index (χ0) is 15.3. The van der Waals surface area contributed by atoms with E-state index in [0.29, 0.717) is 6.42 Å². The Kier molecular flexibility index (Phi) is 17.2. The van der Waals surface area contributed by atoms with Crippen molar-refractivity contribution in [2.75, 3.05) is 0 Å². The minimum absolute atomic E-state index is 0.0625. The molecule has 0 spiro atoms. The van der Waals surface area contributed by atoms with Crippen LogP contribution in [0.1, 0.15) is 54.4 Å². The van der Waals surface area contributed by atoms with E-state index in [0.717, 1.165) is 0 Å². The standard InChI is InChI=1S/C5H12O2.C5H8O2.C3H6O/c2*1-4(6)3-5(2)7;1-3(2)4/h4-7H,3H2,1-2H3;3H2,1-2H3;1-2H3. The highest BCUT2D eigenvalue weighted by Gasteiger charge is 1.98. The van der Waals surface area contributed by atoms with Crippen LogP contribution in [0.15, 0.2) is 0 Å². The summed E-state index contributed by atoms with van der Waals surface area (Å²) in [6, 6.07) is 0. The maximum Gasteiger partial charge on any atom is 0.137 e. The maximum absolute atomic E-state index is 10.0. The average molecular weight is 262 g/mol. The van der Waals surface area contributed by atoms with Crippen molar-refractivity contribution in [3.63, 3.8) is 0 Å². The number of rotatable bonds is 4. The van der Waals surface area contributed by atoms with E-state index in [4.69, 9.17) is 10.2 Å². The lowest BCUT2D eigenvalue weighted by molar-refractivity contribution is -0.124. The van der Waals surface area contributed by atoms with E-state index >= 15 is 0 Å². The molecule has 0 heterocycles. The highest BCUT2D eigenvalue weighted by Crippen LogP contribution is 1.93. The van der Waals surface area contributed by atoms with E-state index in [2.05, 4.69) is 0 Å². The Labute approximate surface area is 109 Å². The van der Waals surface area contributed by atoms with Gasteiger partial charge >= 0.3 is 0 Å². The zero-order valence-corrected chi connectivity index (χ0v) is 12.2. The second-order valence-electron chi connectivity index (χ2n) is 4.42. The highest BCUT2D eigenvalue weighted by molar-refractivity contribution is 5.96. The molecule has 0 aromatic carbocycles. The summed E-state index contributed by atoms with van der Waals surface area (Å²) in [6.45, 7) is 9.18. The van der Waals surface area contributed by atoms with E-state index in [1.165, 1.54) is 27.7 Å². The summed E-state index contributed by atoms with van der Waals surface area (Å²) in [5.41, 5.74) is 0. The van der Waals surface area contributed by atoms with Gasteiger partial charge in [0, 0.05) is 0 Å². The van der Waals surface area contributed by atoms with Crippen molar-refractivity contribution in [2.24, 2.45) is 0 Å². The van der Waals surface area contributed by atoms with Crippen molar-refractivity contribution >= 4 is 17.3 Å². The van der Waals surface area contributed by atoms with Crippen molar-refractivity contribution in [3.05, 3.63) is 0 Å². The van der Waals surface area contributed by atoms with Gasteiger partial charge in [0.2, 0.25) is 0 Å². The van der Waals surface area contributed by atoms with Gasteiger partial charge in [-0.05, 0) is 48.0 Å². The maximum atomic E-state index is 10.0. The van der Waals surface area contributed by atoms with Crippen LogP contribution in [-0.4, -0.2) is 39.8 Å². The van der Waals surface area contributed by atoms with Crippen molar-refractivity contribution in [1.29, 1.82) is 0 Å². The SMILES string of the molecule is CC(=O)CC(C)=O.CC(C)=O.CC(O)CC(C)O. The second kappa shape index (κ2) is 14.0. The molecule has 2 unspecified atom stereocenters. The molecule has 0 aromatic rings. The number of hydrogen-bond acceptors (Lipinski definition) is 5. The van der Waals surface area contributed by atoms with Crippen molar-refractivity contribution < 1.29 is 24.6 Å². The van der Waals surface area contributed by atoms with Crippen LogP contribution in [0.3, 0.4) is 0 Å². The molecule has 0 aliphatic rings. The molecule has 0 aliphatic carbocycles. The quantitative estimate of drug-likeness (QED) is 0.745. The Bertz CT molecular complexity index is 222. The first-order valence-electron chi connectivity index (χ1n) is 5.81. The summed E-state index contributed by atoms with van der Waals surface area (Å²) in [4.78, 5) is 29.5. The molecular formula is C13H26O5. The Hall–Kier alpha value is -1.07. The molecule has 0 amide bonds. The van der Waals surface area contributed by atoms with Crippen molar-refractivity contribution in [1.82, 2.24) is 0 Å². The van der Waals surface area contributed by atoms with Gasteiger partial charge < -0.3 is 15.0 Å². The lowest BCUT2D eigenvalue weighted by Gasteiger charge is -2.04. The van der Waals surface area contributed by atoms with Crippen LogP contribution in [0, 0.1) is 0 Å². The smallest absolute Gasteiger partial charge is 0.137 e. The fraction of sp³-hybridized carbons (Fsp3) is 0.769. The molecule has 108 valence electrons. The predicted octanol–water partition coefficient (Wildman–Crippen LogP) is 1.29. The van der Waals surface area contributed by atoms with Crippen LogP contribution in [0.25, 0.3) is 0 Å². The normalized spacial score (nSPS) is 12.0. The highest BCUT2D eigenvalue weighted by atomic mass is 16.3. The summed E-state index contributed by atoms with van der Waals surface area (Å²) >= 11 is 0. The van der Waals surface area contributed by atoms with Gasteiger partial charge in [-0.25, -0.2) is 0 Å². The van der Waals surface area contributed by atoms with Crippen LogP contribution in [0.2, 0.25) is 0 Å². The second-order valence-corrected chi connectivity index (χ2v) is 4.42. The number of carbonyl (C=O) groups is 3. The van der Waals surface area contributed by atoms with Crippen LogP contribution in [0.5, 0.6) is 0 Å². The lowest BCUT2D eigenvalue weighted by atomic mass is 10.2. The number of hydrogen-bond donors (Lipinski definition) is 2. The number of aliphatic hydroxyl groups is 2. The molecule has 0 aliphatic heterocycles. The fourth-order valence-corrected chi connectivity index (χ4v) is 0.844. The summed E-state index contributed by atoms with van der Waals surface area (Å²) < 4.78 is 0. The summed E-state index contributed by atoms with van der Waals surface area (Å²) in [7, 11) is 0. The third-order valence-electron chi connectivity index (χ3n) is 1.18. The monoisotopic (exact) mass is 262 g/mol. The molecule has 2 N–H and O–H groups in total. The molecule has 18 heavy (non-hydrogen) atoms. The van der Waals surface area contributed by atoms with E-state index in [1.807, 2.05) is 0 Å². The Balaban J connectivity index is -0.000000196. The minimum Gasteiger partial charge on any atom is -0.393 e. The van der Waals surface area contributed by atoms with Crippen LogP contribution in [-0.2, 0) is 14.4 Å². The average Bonchev–Trinajstić information content (AvgIpc) is 1.96. The van der Waals surface area contributed by atoms with Gasteiger partial charge in [-0.2, -0.15) is 0 Å². The summed E-state index contributed by atoms with van der Waals surface area (Å²) in [5, 5.41) is 17.1. The topological polar surface area (TPSA) is 91.7 Å². The first kappa shape index (κ1) is 22.1. The number of ketones is 3.